The zero-order valence-electron chi connectivity index (χ0n) is 16.8. The summed E-state index contributed by atoms with van der Waals surface area (Å²) in [5.74, 6) is -1.27. The van der Waals surface area contributed by atoms with Gasteiger partial charge in [0, 0.05) is 29.4 Å². The smallest absolute Gasteiger partial charge is 0.326 e. The molecule has 2 N–H and O–H groups in total. The first-order valence-electron chi connectivity index (χ1n) is 9.52. The van der Waals surface area contributed by atoms with Gasteiger partial charge in [0.2, 0.25) is 0 Å². The van der Waals surface area contributed by atoms with Crippen molar-refractivity contribution in [2.24, 2.45) is 0 Å². The molecular weight excluding hydrogens is 437 g/mol. The molecule has 31 heavy (non-hydrogen) atoms. The first kappa shape index (κ1) is 22.8. The van der Waals surface area contributed by atoms with Gasteiger partial charge in [0.25, 0.3) is 5.91 Å². The summed E-state index contributed by atoms with van der Waals surface area (Å²) in [5, 5.41) is 12.1. The number of rotatable bonds is 10. The fraction of sp³-hybridized carbons (Fsp3) is 0.227. The fourth-order valence-electron chi connectivity index (χ4n) is 2.91. The number of nitrogens with one attached hydrogen (secondary N) is 1. The number of carboxylic acid groups (broad SMARTS) is 1. The van der Waals surface area contributed by atoms with E-state index in [0.717, 1.165) is 4.88 Å². The number of carbonyl (C=O) groups is 2. The lowest BCUT2D eigenvalue weighted by Crippen LogP contribution is -2.41. The Morgan fingerprint density at radius 1 is 1.35 bits per heavy atom. The normalized spacial score (nSPS) is 12.2. The zero-order valence-corrected chi connectivity index (χ0v) is 18.5. The van der Waals surface area contributed by atoms with Crippen LogP contribution in [-0.4, -0.2) is 44.6 Å². The predicted molar refractivity (Wildman–Crippen MR) is 123 cm³/mol. The molecule has 162 valence electrons. The number of aliphatic carboxylic acids is 1. The van der Waals surface area contributed by atoms with Gasteiger partial charge >= 0.3 is 5.97 Å². The average Bonchev–Trinajstić information content (AvgIpc) is 3.41. The van der Waals surface area contributed by atoms with Gasteiger partial charge < -0.3 is 15.0 Å². The van der Waals surface area contributed by atoms with Crippen LogP contribution in [-0.2, 0) is 11.3 Å². The van der Waals surface area contributed by atoms with Crippen LogP contribution in [0.25, 0.3) is 17.2 Å². The van der Waals surface area contributed by atoms with Gasteiger partial charge in [0.1, 0.15) is 16.7 Å². The summed E-state index contributed by atoms with van der Waals surface area (Å²) in [5.41, 5.74) is 1.33. The maximum atomic E-state index is 13.4. The van der Waals surface area contributed by atoms with E-state index in [-0.39, 0.29) is 5.82 Å². The van der Waals surface area contributed by atoms with Gasteiger partial charge in [-0.3, -0.25) is 4.79 Å². The van der Waals surface area contributed by atoms with Gasteiger partial charge in [0.15, 0.2) is 0 Å². The van der Waals surface area contributed by atoms with Gasteiger partial charge in [-0.25, -0.2) is 14.2 Å². The molecule has 1 aromatic carbocycles. The number of nitrogens with zero attached hydrogens (tertiary/aromatic N) is 2. The number of thioether (sulfide) groups is 1. The van der Waals surface area contributed by atoms with Crippen LogP contribution < -0.4 is 5.32 Å². The Labute approximate surface area is 187 Å². The molecule has 0 saturated heterocycles. The maximum absolute atomic E-state index is 13.4. The number of thiophene rings is 1. The number of benzene rings is 1. The number of hydrogen-bond acceptors (Lipinski definition) is 5. The van der Waals surface area contributed by atoms with Gasteiger partial charge in [0.05, 0.1) is 6.33 Å². The molecule has 0 bridgehead atoms. The molecular formula is C22H22FN3O3S2. The van der Waals surface area contributed by atoms with Crippen LogP contribution in [0, 0.1) is 5.82 Å². The highest BCUT2D eigenvalue weighted by Gasteiger charge is 2.23. The fourth-order valence-corrected chi connectivity index (χ4v) is 4.39. The third kappa shape index (κ3) is 6.28. The van der Waals surface area contributed by atoms with Crippen LogP contribution in [0.1, 0.15) is 21.0 Å². The van der Waals surface area contributed by atoms with E-state index >= 15 is 0 Å². The minimum Gasteiger partial charge on any atom is -0.480 e. The van der Waals surface area contributed by atoms with Crippen LogP contribution in [0.5, 0.6) is 0 Å². The van der Waals surface area contributed by atoms with Crippen molar-refractivity contribution in [2.75, 3.05) is 12.0 Å². The summed E-state index contributed by atoms with van der Waals surface area (Å²) in [6, 6.07) is 6.77. The standard InChI is InChI=1S/C22H22FN3O3S2/c1-30-12-8-19(22(28)29)25-21(27)20-18(15-4-6-16(23)7-5-15)13-17(31-20)3-2-10-26-11-9-24-14-26/h2-7,9,11,13-14,19H,8,10,12H2,1H3,(H,25,27)(H,28,29)/t19-/m0/s1. The average molecular weight is 460 g/mol. The zero-order chi connectivity index (χ0) is 22.2. The largest absolute Gasteiger partial charge is 0.480 e. The molecule has 0 radical (unpaired) electrons. The first-order chi connectivity index (χ1) is 15.0. The summed E-state index contributed by atoms with van der Waals surface area (Å²) in [6.07, 6.45) is 11.3. The number of amides is 1. The molecule has 0 aliphatic carbocycles. The SMILES string of the molecule is CSCC[C@H](NC(=O)c1sc(C=CCn2ccnc2)cc1-c1ccc(F)cc1)C(=O)O. The minimum atomic E-state index is -1.07. The molecule has 1 atom stereocenters. The maximum Gasteiger partial charge on any atom is 0.326 e. The molecule has 3 aromatic rings. The van der Waals surface area contributed by atoms with Gasteiger partial charge in [-0.15, -0.1) is 11.3 Å². The van der Waals surface area contributed by atoms with E-state index in [0.29, 0.717) is 34.7 Å². The minimum absolute atomic E-state index is 0.331. The van der Waals surface area contributed by atoms with Crippen molar-refractivity contribution in [1.29, 1.82) is 0 Å². The number of halogens is 1. The Morgan fingerprint density at radius 2 is 2.13 bits per heavy atom. The van der Waals surface area contributed by atoms with Gasteiger partial charge in [-0.05, 0) is 48.3 Å². The van der Waals surface area contributed by atoms with Crippen molar-refractivity contribution in [3.05, 3.63) is 70.7 Å². The second kappa shape index (κ2) is 10.9. The Morgan fingerprint density at radius 3 is 2.77 bits per heavy atom. The summed E-state index contributed by atoms with van der Waals surface area (Å²) in [6.45, 7) is 0.626. The summed E-state index contributed by atoms with van der Waals surface area (Å²) in [7, 11) is 0. The van der Waals surface area contributed by atoms with Gasteiger partial charge in [-0.1, -0.05) is 18.2 Å². The third-order valence-corrected chi connectivity index (χ3v) is 6.23. The van der Waals surface area contributed by atoms with Crippen molar-refractivity contribution in [2.45, 2.75) is 19.0 Å². The third-order valence-electron chi connectivity index (χ3n) is 4.48. The molecule has 1 amide bonds. The second-order valence-electron chi connectivity index (χ2n) is 6.71. The summed E-state index contributed by atoms with van der Waals surface area (Å²) < 4.78 is 15.3. The lowest BCUT2D eigenvalue weighted by atomic mass is 10.1. The lowest BCUT2D eigenvalue weighted by Gasteiger charge is -2.14. The van der Waals surface area contributed by atoms with E-state index < -0.39 is 17.9 Å². The van der Waals surface area contributed by atoms with E-state index in [2.05, 4.69) is 10.3 Å². The first-order valence-corrected chi connectivity index (χ1v) is 11.7. The Balaban J connectivity index is 1.87. The molecule has 2 aromatic heterocycles. The predicted octanol–water partition coefficient (Wildman–Crippen LogP) is 4.40. The molecule has 0 aliphatic heterocycles. The van der Waals surface area contributed by atoms with Crippen LogP contribution in [0.2, 0.25) is 0 Å². The molecule has 0 unspecified atom stereocenters. The number of aromatic nitrogens is 2. The van der Waals surface area contributed by atoms with E-state index in [1.165, 1.54) is 35.2 Å². The molecule has 0 aliphatic rings. The van der Waals surface area contributed by atoms with Crippen molar-refractivity contribution >= 4 is 41.1 Å². The Kier molecular flexibility index (Phi) is 8.02. The molecule has 9 heteroatoms. The number of hydrogen-bond donors (Lipinski definition) is 2. The highest BCUT2D eigenvalue weighted by atomic mass is 32.2. The van der Waals surface area contributed by atoms with Crippen molar-refractivity contribution in [3.8, 4) is 11.1 Å². The highest BCUT2D eigenvalue weighted by Crippen LogP contribution is 2.33. The molecule has 0 saturated carbocycles. The Bertz CT molecular complexity index is 1050. The molecule has 2 heterocycles. The van der Waals surface area contributed by atoms with Crippen molar-refractivity contribution in [3.63, 3.8) is 0 Å². The Hall–Kier alpha value is -2.91. The monoisotopic (exact) mass is 459 g/mol. The molecule has 0 spiro atoms. The van der Waals surface area contributed by atoms with E-state index in [1.807, 2.05) is 35.2 Å². The van der Waals surface area contributed by atoms with E-state index in [9.17, 15) is 19.1 Å². The number of imidazole rings is 1. The molecule has 3 rings (SSSR count). The quantitative estimate of drug-likeness (QED) is 0.469. The second-order valence-corrected chi connectivity index (χ2v) is 8.78. The van der Waals surface area contributed by atoms with Gasteiger partial charge in [-0.2, -0.15) is 11.8 Å². The molecule has 0 fully saturated rings. The summed E-state index contributed by atoms with van der Waals surface area (Å²) in [4.78, 5) is 29.7. The highest BCUT2D eigenvalue weighted by molar-refractivity contribution is 7.98. The number of allylic oxidation sites excluding steroid dienone is 1. The lowest BCUT2D eigenvalue weighted by molar-refractivity contribution is -0.139. The van der Waals surface area contributed by atoms with Crippen LogP contribution in [0.4, 0.5) is 4.39 Å². The van der Waals surface area contributed by atoms with Crippen LogP contribution in [0.15, 0.2) is 55.1 Å². The van der Waals surface area contributed by atoms with Crippen LogP contribution >= 0.6 is 23.1 Å². The van der Waals surface area contributed by atoms with E-state index in [4.69, 9.17) is 0 Å². The number of carbonyl (C=O) groups excluding carboxylic acids is 1. The van der Waals surface area contributed by atoms with Crippen molar-refractivity contribution < 1.29 is 19.1 Å². The van der Waals surface area contributed by atoms with E-state index in [1.54, 1.807) is 24.7 Å². The topological polar surface area (TPSA) is 84.2 Å². The van der Waals surface area contributed by atoms with Crippen molar-refractivity contribution in [1.82, 2.24) is 14.9 Å². The summed E-state index contributed by atoms with van der Waals surface area (Å²) >= 11 is 2.79. The van der Waals surface area contributed by atoms with Crippen LogP contribution in [0.3, 0.4) is 0 Å². The molecule has 6 nitrogen and oxygen atoms in total. The number of carboxylic acids is 1.